The normalized spacial score (nSPS) is 22.0. The number of H-pyrrole nitrogens is 1. The number of aromatic amines is 1. The van der Waals surface area contributed by atoms with Gasteiger partial charge < -0.3 is 31.6 Å². The highest BCUT2D eigenvalue weighted by Crippen LogP contribution is 2.19. The first-order valence-electron chi connectivity index (χ1n) is 11.8. The lowest BCUT2D eigenvalue weighted by atomic mass is 10.0. The van der Waals surface area contributed by atoms with Crippen LogP contribution in [0.15, 0.2) is 30.5 Å². The van der Waals surface area contributed by atoms with Crippen LogP contribution in [0.3, 0.4) is 0 Å². The molecule has 1 aromatic carbocycles. The largest absolute Gasteiger partial charge is 0.361 e. The van der Waals surface area contributed by atoms with Crippen molar-refractivity contribution >= 4 is 40.4 Å². The molecular formula is C24H32N6O5. The van der Waals surface area contributed by atoms with Crippen LogP contribution in [0.4, 0.5) is 0 Å². The van der Waals surface area contributed by atoms with Gasteiger partial charge in [0.25, 0.3) is 0 Å². The molecule has 11 heteroatoms. The summed E-state index contributed by atoms with van der Waals surface area (Å²) in [6.45, 7) is 2.09. The van der Waals surface area contributed by atoms with Gasteiger partial charge in [-0.3, -0.25) is 24.0 Å². The molecule has 0 unspecified atom stereocenters. The summed E-state index contributed by atoms with van der Waals surface area (Å²) in [5.74, 6) is -1.80. The minimum absolute atomic E-state index is 0.0132. The molecule has 11 nitrogen and oxygen atoms in total. The molecule has 0 radical (unpaired) electrons. The van der Waals surface area contributed by atoms with Crippen LogP contribution in [0.25, 0.3) is 10.9 Å². The molecule has 0 saturated carbocycles. The van der Waals surface area contributed by atoms with Gasteiger partial charge in [-0.2, -0.15) is 0 Å². The maximum Gasteiger partial charge on any atom is 0.242 e. The molecular weight excluding hydrogens is 452 g/mol. The Kier molecular flexibility index (Phi) is 9.22. The fraction of sp³-hybridized carbons (Fsp3) is 0.458. The third-order valence-electron chi connectivity index (χ3n) is 5.73. The first kappa shape index (κ1) is 25.7. The molecule has 2 atom stereocenters. The predicted octanol–water partition coefficient (Wildman–Crippen LogP) is -0.377. The van der Waals surface area contributed by atoms with Gasteiger partial charge in [0.2, 0.25) is 29.5 Å². The van der Waals surface area contributed by atoms with E-state index in [-0.39, 0.29) is 50.6 Å². The fourth-order valence-corrected chi connectivity index (χ4v) is 3.80. The van der Waals surface area contributed by atoms with Crippen molar-refractivity contribution in [3.63, 3.8) is 0 Å². The van der Waals surface area contributed by atoms with Crippen molar-refractivity contribution in [2.45, 2.75) is 51.1 Å². The first-order valence-corrected chi connectivity index (χ1v) is 11.8. The van der Waals surface area contributed by atoms with E-state index in [1.807, 2.05) is 24.3 Å². The monoisotopic (exact) mass is 484 g/mol. The lowest BCUT2D eigenvalue weighted by Crippen LogP contribution is -2.54. The van der Waals surface area contributed by atoms with Gasteiger partial charge in [-0.25, -0.2) is 0 Å². The maximum absolute atomic E-state index is 13.0. The molecule has 0 aliphatic carbocycles. The Labute approximate surface area is 203 Å². The van der Waals surface area contributed by atoms with Crippen LogP contribution in [0, 0.1) is 0 Å². The quantitative estimate of drug-likeness (QED) is 0.342. The number of carbonyl (C=O) groups is 5. The molecule has 1 aliphatic heterocycles. The summed E-state index contributed by atoms with van der Waals surface area (Å²) in [6.07, 6.45) is 2.77. The summed E-state index contributed by atoms with van der Waals surface area (Å²) in [5, 5.41) is 14.3. The van der Waals surface area contributed by atoms with Crippen molar-refractivity contribution in [1.29, 1.82) is 0 Å². The standard InChI is InChI=1S/C24H32N6O5/c1-15-23(34)30-19(13-16-14-28-18-6-3-2-5-17(16)18)24(35)27-12-8-21(32)25-10-4-7-20(31)26-11-9-22(33)29-15/h2-3,5-6,14-15,19,28H,4,7-13H2,1H3,(H,25,32)(H,26,31)(H,27,35)(H,29,33)(H,30,34)/t15-,19+/m0/s1. The molecule has 6 N–H and O–H groups in total. The van der Waals surface area contributed by atoms with Crippen molar-refractivity contribution in [1.82, 2.24) is 31.6 Å². The Morgan fingerprint density at radius 1 is 0.771 bits per heavy atom. The van der Waals surface area contributed by atoms with Gasteiger partial charge in [0.15, 0.2) is 0 Å². The smallest absolute Gasteiger partial charge is 0.242 e. The minimum atomic E-state index is -0.912. The average molecular weight is 485 g/mol. The van der Waals surface area contributed by atoms with Crippen LogP contribution in [-0.2, 0) is 30.4 Å². The Balaban J connectivity index is 1.73. The third-order valence-corrected chi connectivity index (χ3v) is 5.73. The fourth-order valence-electron chi connectivity index (χ4n) is 3.80. The Hall–Kier alpha value is -3.89. The molecule has 2 aromatic rings. The highest BCUT2D eigenvalue weighted by molar-refractivity contribution is 5.93. The number of amides is 5. The zero-order valence-corrected chi connectivity index (χ0v) is 19.7. The van der Waals surface area contributed by atoms with E-state index in [9.17, 15) is 24.0 Å². The number of benzene rings is 1. The van der Waals surface area contributed by atoms with Gasteiger partial charge >= 0.3 is 0 Å². The van der Waals surface area contributed by atoms with Crippen molar-refractivity contribution in [2.75, 3.05) is 19.6 Å². The number of carbonyl (C=O) groups excluding carboxylic acids is 5. The van der Waals surface area contributed by atoms with Crippen LogP contribution < -0.4 is 26.6 Å². The zero-order valence-electron chi connectivity index (χ0n) is 19.7. The number of aromatic nitrogens is 1. The number of nitrogens with one attached hydrogen (secondary N) is 6. The highest BCUT2D eigenvalue weighted by atomic mass is 16.2. The second-order valence-electron chi connectivity index (χ2n) is 8.51. The molecule has 188 valence electrons. The topological polar surface area (TPSA) is 161 Å². The summed E-state index contributed by atoms with van der Waals surface area (Å²) in [6, 6.07) is 5.84. The van der Waals surface area contributed by atoms with Gasteiger partial charge in [-0.05, 0) is 25.0 Å². The summed E-state index contributed by atoms with van der Waals surface area (Å²) < 4.78 is 0. The van der Waals surface area contributed by atoms with Crippen LogP contribution in [0.2, 0.25) is 0 Å². The molecule has 2 heterocycles. The predicted molar refractivity (Wildman–Crippen MR) is 129 cm³/mol. The zero-order chi connectivity index (χ0) is 25.2. The number of hydrogen-bond acceptors (Lipinski definition) is 5. The van der Waals surface area contributed by atoms with Crippen molar-refractivity contribution in [3.8, 4) is 0 Å². The third kappa shape index (κ3) is 7.83. The number of rotatable bonds is 2. The molecule has 1 saturated heterocycles. The molecule has 1 aliphatic rings. The van der Waals surface area contributed by atoms with Gasteiger partial charge in [-0.1, -0.05) is 18.2 Å². The summed E-state index contributed by atoms with van der Waals surface area (Å²) >= 11 is 0. The number of para-hydroxylation sites is 1. The van der Waals surface area contributed by atoms with Crippen LogP contribution in [-0.4, -0.2) is 66.2 Å². The van der Waals surface area contributed by atoms with E-state index in [0.717, 1.165) is 16.5 Å². The first-order chi connectivity index (χ1) is 16.8. The van der Waals surface area contributed by atoms with Gasteiger partial charge in [0.05, 0.1) is 0 Å². The lowest BCUT2D eigenvalue weighted by Gasteiger charge is -2.21. The average Bonchev–Trinajstić information content (AvgIpc) is 3.23. The van der Waals surface area contributed by atoms with Crippen LogP contribution in [0.1, 0.15) is 38.2 Å². The SMILES string of the molecule is C[C@@H]1NC(=O)CCNC(=O)CCCNC(=O)CCNC(=O)[C@@H](Cc2c[nH]c3ccccc23)NC1=O. The minimum Gasteiger partial charge on any atom is -0.361 e. The lowest BCUT2D eigenvalue weighted by molar-refractivity contribution is -0.131. The van der Waals surface area contributed by atoms with E-state index in [2.05, 4.69) is 31.6 Å². The van der Waals surface area contributed by atoms with E-state index in [0.29, 0.717) is 13.0 Å². The summed E-state index contributed by atoms with van der Waals surface area (Å²) in [5.41, 5.74) is 1.76. The Bertz CT molecular complexity index is 1080. The van der Waals surface area contributed by atoms with Crippen LogP contribution in [0.5, 0.6) is 0 Å². The van der Waals surface area contributed by atoms with Crippen molar-refractivity contribution < 1.29 is 24.0 Å². The van der Waals surface area contributed by atoms with E-state index in [1.165, 1.54) is 6.92 Å². The van der Waals surface area contributed by atoms with E-state index >= 15 is 0 Å². The molecule has 3 rings (SSSR count). The molecule has 0 bridgehead atoms. The van der Waals surface area contributed by atoms with Gasteiger partial charge in [-0.15, -0.1) is 0 Å². The second-order valence-corrected chi connectivity index (χ2v) is 8.51. The van der Waals surface area contributed by atoms with E-state index in [4.69, 9.17) is 0 Å². The summed E-state index contributed by atoms with van der Waals surface area (Å²) in [7, 11) is 0. The van der Waals surface area contributed by atoms with E-state index in [1.54, 1.807) is 6.20 Å². The number of fused-ring (bicyclic) bond motifs is 1. The highest BCUT2D eigenvalue weighted by Gasteiger charge is 2.25. The maximum atomic E-state index is 13.0. The van der Waals surface area contributed by atoms with Crippen LogP contribution >= 0.6 is 0 Å². The molecule has 0 spiro atoms. The molecule has 35 heavy (non-hydrogen) atoms. The van der Waals surface area contributed by atoms with Gasteiger partial charge in [0.1, 0.15) is 12.1 Å². The summed E-state index contributed by atoms with van der Waals surface area (Å²) in [4.78, 5) is 65.0. The molecule has 5 amide bonds. The Morgan fingerprint density at radius 2 is 1.46 bits per heavy atom. The van der Waals surface area contributed by atoms with Crippen molar-refractivity contribution in [3.05, 3.63) is 36.0 Å². The van der Waals surface area contributed by atoms with Gasteiger partial charge in [0, 0.05) is 62.4 Å². The molecule has 1 aromatic heterocycles. The van der Waals surface area contributed by atoms with E-state index < -0.39 is 29.8 Å². The second kappa shape index (κ2) is 12.5. The number of hydrogen-bond donors (Lipinski definition) is 6. The van der Waals surface area contributed by atoms with Crippen molar-refractivity contribution in [2.24, 2.45) is 0 Å². The Morgan fingerprint density at radius 3 is 2.29 bits per heavy atom. The molecule has 1 fully saturated rings.